The van der Waals surface area contributed by atoms with E-state index in [9.17, 15) is 4.79 Å². The second-order valence-electron chi connectivity index (χ2n) is 6.37. The van der Waals surface area contributed by atoms with Gasteiger partial charge in [0, 0.05) is 30.1 Å². The number of hydrogen-bond acceptors (Lipinski definition) is 4. The Morgan fingerprint density at radius 3 is 2.81 bits per heavy atom. The number of aryl methyl sites for hydroxylation is 1. The van der Waals surface area contributed by atoms with Crippen LogP contribution in [-0.2, 0) is 4.79 Å². The fraction of sp³-hybridized carbons (Fsp3) is 0.200. The molecule has 1 N–H and O–H groups in total. The number of carboxylic acid groups (broad SMARTS) is 1. The summed E-state index contributed by atoms with van der Waals surface area (Å²) in [5, 5.41) is 9.72. The third kappa shape index (κ3) is 3.13. The van der Waals surface area contributed by atoms with Crippen LogP contribution in [0.25, 0.3) is 5.69 Å². The second-order valence-corrected chi connectivity index (χ2v) is 6.78. The average Bonchev–Trinajstić information content (AvgIpc) is 2.97. The summed E-state index contributed by atoms with van der Waals surface area (Å²) >= 11 is 6.58. The summed E-state index contributed by atoms with van der Waals surface area (Å²) in [7, 11) is 0. The highest BCUT2D eigenvalue weighted by Gasteiger charge is 2.29. The molecule has 6 nitrogen and oxygen atoms in total. The topological polar surface area (TPSA) is 80.4 Å². The number of nitrogens with zero attached hydrogens (tertiary/aromatic N) is 4. The normalized spacial score (nSPS) is 15.5. The summed E-state index contributed by atoms with van der Waals surface area (Å²) in [6, 6.07) is 10.9. The molecule has 7 heteroatoms. The summed E-state index contributed by atoms with van der Waals surface area (Å²) in [6.45, 7) is 1.96. The molecule has 0 amide bonds. The molecule has 3 aromatic rings. The lowest BCUT2D eigenvalue weighted by atomic mass is 10.0. The summed E-state index contributed by atoms with van der Waals surface area (Å²) in [5.74, 6) is -0.151. The van der Waals surface area contributed by atoms with Gasteiger partial charge in [0.2, 0.25) is 0 Å². The molecule has 0 unspecified atom stereocenters. The maximum absolute atomic E-state index is 11.2. The van der Waals surface area contributed by atoms with Crippen LogP contribution < -0.4 is 0 Å². The first-order valence-electron chi connectivity index (χ1n) is 8.60. The highest BCUT2D eigenvalue weighted by Crippen LogP contribution is 2.36. The monoisotopic (exact) mass is 380 g/mol. The van der Waals surface area contributed by atoms with Gasteiger partial charge in [-0.2, -0.15) is 0 Å². The van der Waals surface area contributed by atoms with Crippen LogP contribution in [0.4, 0.5) is 0 Å². The molecule has 0 fully saturated rings. The molecule has 27 heavy (non-hydrogen) atoms. The average molecular weight is 381 g/mol. The Balaban J connectivity index is 1.99. The quantitative estimate of drug-likeness (QED) is 0.742. The molecule has 1 atom stereocenters. The van der Waals surface area contributed by atoms with E-state index in [4.69, 9.17) is 21.7 Å². The van der Waals surface area contributed by atoms with Gasteiger partial charge < -0.3 is 5.11 Å². The van der Waals surface area contributed by atoms with Crippen molar-refractivity contribution in [3.8, 4) is 5.69 Å². The van der Waals surface area contributed by atoms with Crippen molar-refractivity contribution in [2.45, 2.75) is 25.8 Å². The van der Waals surface area contributed by atoms with Crippen LogP contribution in [0.2, 0.25) is 5.02 Å². The molecule has 1 aromatic carbocycles. The number of halogens is 1. The predicted molar refractivity (Wildman–Crippen MR) is 103 cm³/mol. The number of carbonyl (C=O) groups is 1. The van der Waals surface area contributed by atoms with Gasteiger partial charge in [-0.1, -0.05) is 23.7 Å². The highest BCUT2D eigenvalue weighted by atomic mass is 35.5. The molecular weight excluding hydrogens is 364 g/mol. The smallest absolute Gasteiger partial charge is 0.303 e. The fourth-order valence-corrected chi connectivity index (χ4v) is 3.63. The molecule has 0 saturated carbocycles. The summed E-state index contributed by atoms with van der Waals surface area (Å²) < 4.78 is 2.01. The summed E-state index contributed by atoms with van der Waals surface area (Å²) in [5.41, 5.74) is 3.92. The van der Waals surface area contributed by atoms with Crippen LogP contribution in [0.3, 0.4) is 0 Å². The lowest BCUT2D eigenvalue weighted by Crippen LogP contribution is -2.10. The van der Waals surface area contributed by atoms with Crippen molar-refractivity contribution < 1.29 is 9.90 Å². The fourth-order valence-electron chi connectivity index (χ4n) is 3.37. The van der Waals surface area contributed by atoms with E-state index in [0.29, 0.717) is 28.7 Å². The SMILES string of the molecule is Cc1cnc2n1-c1cccc(Cl)c1C(c1ccccn1)=N[C@H]2CCC(=O)O. The van der Waals surface area contributed by atoms with E-state index in [1.807, 2.05) is 47.9 Å². The molecule has 1 aliphatic heterocycles. The van der Waals surface area contributed by atoms with E-state index in [1.165, 1.54) is 0 Å². The Morgan fingerprint density at radius 2 is 2.07 bits per heavy atom. The molecule has 0 aliphatic carbocycles. The first kappa shape index (κ1) is 17.4. The number of aliphatic carboxylic acids is 1. The summed E-state index contributed by atoms with van der Waals surface area (Å²) in [6.07, 6.45) is 3.82. The van der Waals surface area contributed by atoms with Crippen molar-refractivity contribution >= 4 is 23.3 Å². The van der Waals surface area contributed by atoms with E-state index in [-0.39, 0.29) is 6.42 Å². The second kappa shape index (κ2) is 6.96. The van der Waals surface area contributed by atoms with E-state index >= 15 is 0 Å². The van der Waals surface area contributed by atoms with Crippen molar-refractivity contribution in [3.05, 3.63) is 76.6 Å². The minimum atomic E-state index is -0.862. The van der Waals surface area contributed by atoms with E-state index in [2.05, 4.69) is 9.97 Å². The van der Waals surface area contributed by atoms with Gasteiger partial charge in [-0.15, -0.1) is 0 Å². The van der Waals surface area contributed by atoms with Crippen molar-refractivity contribution in [2.75, 3.05) is 0 Å². The third-order valence-corrected chi connectivity index (χ3v) is 4.87. The molecule has 136 valence electrons. The van der Waals surface area contributed by atoms with E-state index < -0.39 is 12.0 Å². The highest BCUT2D eigenvalue weighted by molar-refractivity contribution is 6.36. The van der Waals surface area contributed by atoms with Crippen molar-refractivity contribution in [2.24, 2.45) is 4.99 Å². The number of benzene rings is 1. The Morgan fingerprint density at radius 1 is 1.22 bits per heavy atom. The zero-order valence-corrected chi connectivity index (χ0v) is 15.4. The number of aromatic nitrogens is 3. The van der Waals surface area contributed by atoms with Gasteiger partial charge in [-0.3, -0.25) is 19.3 Å². The number of carboxylic acids is 1. The molecule has 4 rings (SSSR count). The maximum atomic E-state index is 11.2. The standard InChI is InChI=1S/C20H17ClN4O2/c1-12-11-23-20-15(8-9-17(26)27)24-19(14-6-2-3-10-22-14)18-13(21)5-4-7-16(18)25(12)20/h2-7,10-11,15H,8-9H2,1H3,(H,26,27)/t15-/m0/s1. The van der Waals surface area contributed by atoms with Gasteiger partial charge in [0.1, 0.15) is 11.9 Å². The van der Waals surface area contributed by atoms with Gasteiger partial charge in [0.05, 0.1) is 22.1 Å². The Labute approximate surface area is 161 Å². The molecule has 2 aromatic heterocycles. The largest absolute Gasteiger partial charge is 0.481 e. The molecule has 0 radical (unpaired) electrons. The lowest BCUT2D eigenvalue weighted by molar-refractivity contribution is -0.137. The predicted octanol–water partition coefficient (Wildman–Crippen LogP) is 3.99. The van der Waals surface area contributed by atoms with Gasteiger partial charge in [-0.05, 0) is 37.6 Å². The van der Waals surface area contributed by atoms with E-state index in [1.54, 1.807) is 12.4 Å². The molecule has 0 bridgehead atoms. The summed E-state index contributed by atoms with van der Waals surface area (Å²) in [4.78, 5) is 25.0. The van der Waals surface area contributed by atoms with E-state index in [0.717, 1.165) is 16.9 Å². The number of fused-ring (bicyclic) bond motifs is 3. The first-order chi connectivity index (χ1) is 13.1. The number of imidazole rings is 1. The van der Waals surface area contributed by atoms with Crippen LogP contribution in [0, 0.1) is 6.92 Å². The van der Waals surface area contributed by atoms with Crippen LogP contribution in [-0.4, -0.2) is 31.3 Å². The van der Waals surface area contributed by atoms with Crippen LogP contribution >= 0.6 is 11.6 Å². The first-order valence-corrected chi connectivity index (χ1v) is 8.98. The Hall–Kier alpha value is -2.99. The van der Waals surface area contributed by atoms with Crippen molar-refractivity contribution in [1.29, 1.82) is 0 Å². The molecule has 1 aliphatic rings. The van der Waals surface area contributed by atoms with Crippen molar-refractivity contribution in [1.82, 2.24) is 14.5 Å². The van der Waals surface area contributed by atoms with Crippen LogP contribution in [0.15, 0.2) is 53.8 Å². The maximum Gasteiger partial charge on any atom is 0.303 e. The number of rotatable bonds is 4. The number of aliphatic imine (C=N–C) groups is 1. The molecule has 0 spiro atoms. The van der Waals surface area contributed by atoms with Gasteiger partial charge in [0.25, 0.3) is 0 Å². The lowest BCUT2D eigenvalue weighted by Gasteiger charge is -2.14. The molecule has 0 saturated heterocycles. The molecular formula is C20H17ClN4O2. The zero-order chi connectivity index (χ0) is 19.0. The molecule has 3 heterocycles. The number of hydrogen-bond donors (Lipinski definition) is 1. The van der Waals surface area contributed by atoms with Gasteiger partial charge in [0.15, 0.2) is 0 Å². The zero-order valence-electron chi connectivity index (χ0n) is 14.6. The van der Waals surface area contributed by atoms with Crippen LogP contribution in [0.5, 0.6) is 0 Å². The third-order valence-electron chi connectivity index (χ3n) is 4.56. The van der Waals surface area contributed by atoms with Crippen LogP contribution in [0.1, 0.15) is 41.7 Å². The minimum Gasteiger partial charge on any atom is -0.481 e. The number of pyridine rings is 1. The Kier molecular flexibility index (Phi) is 4.49. The minimum absolute atomic E-state index is 0.000347. The van der Waals surface area contributed by atoms with Gasteiger partial charge in [-0.25, -0.2) is 4.98 Å². The van der Waals surface area contributed by atoms with Gasteiger partial charge >= 0.3 is 5.97 Å². The Bertz CT molecular complexity index is 1040. The van der Waals surface area contributed by atoms with Crippen molar-refractivity contribution in [3.63, 3.8) is 0 Å².